The normalized spacial score (nSPS) is 9.64. The molecule has 0 fully saturated rings. The average Bonchev–Trinajstić information content (AvgIpc) is 3.48. The zero-order valence-electron chi connectivity index (χ0n) is 22.2. The van der Waals surface area contributed by atoms with Crippen LogP contribution in [0.1, 0.15) is 43.4 Å². The Kier molecular flexibility index (Phi) is 16.2. The van der Waals surface area contributed by atoms with Crippen LogP contribution >= 0.6 is 17.0 Å². The molecule has 0 saturated heterocycles. The Morgan fingerprint density at radius 1 is 0.722 bits per heavy atom. The molecular weight excluding hydrogens is 575 g/mol. The minimum absolute atomic E-state index is 0.616. The Morgan fingerprint density at radius 3 is 1.72 bits per heavy atom. The Morgan fingerprint density at radius 2 is 1.19 bits per heavy atom. The van der Waals surface area contributed by atoms with Crippen molar-refractivity contribution in [2.45, 2.75) is 47.1 Å². The molecule has 5 rings (SSSR count). The summed E-state index contributed by atoms with van der Waals surface area (Å²) in [4.78, 5) is 0. The number of benzene rings is 3. The third kappa shape index (κ3) is 9.46. The van der Waals surface area contributed by atoms with Crippen molar-refractivity contribution in [1.29, 1.82) is 0 Å². The first-order valence-corrected chi connectivity index (χ1v) is 19.3. The summed E-state index contributed by atoms with van der Waals surface area (Å²) in [6, 6.07) is 32.7. The van der Waals surface area contributed by atoms with E-state index in [0.29, 0.717) is 5.92 Å². The molecule has 0 aromatic heterocycles. The van der Waals surface area contributed by atoms with E-state index < -0.39 is 20.8 Å². The van der Waals surface area contributed by atoms with Crippen LogP contribution in [0.4, 0.5) is 0 Å². The van der Waals surface area contributed by atoms with E-state index in [0.717, 1.165) is 0 Å². The molecule has 0 heterocycles. The van der Waals surface area contributed by atoms with Gasteiger partial charge in [0.15, 0.2) is 0 Å². The molecule has 0 nitrogen and oxygen atoms in total. The average molecular weight is 611 g/mol. The van der Waals surface area contributed by atoms with E-state index in [9.17, 15) is 0 Å². The third-order valence-corrected chi connectivity index (χ3v) is 5.53. The van der Waals surface area contributed by atoms with Crippen molar-refractivity contribution in [2.75, 3.05) is 0 Å². The molecule has 0 aliphatic rings. The van der Waals surface area contributed by atoms with Crippen LogP contribution < -0.4 is 0 Å². The second-order valence-corrected chi connectivity index (χ2v) is 12.0. The van der Waals surface area contributed by atoms with Gasteiger partial charge in [-0.15, -0.1) is 69.1 Å². The van der Waals surface area contributed by atoms with Gasteiger partial charge in [0.1, 0.15) is 0 Å². The maximum absolute atomic E-state index is 4.93. The summed E-state index contributed by atoms with van der Waals surface area (Å²) >= 11 is -0.826. The van der Waals surface area contributed by atoms with E-state index in [1.165, 1.54) is 49.4 Å². The van der Waals surface area contributed by atoms with Crippen molar-refractivity contribution in [3.05, 3.63) is 115 Å². The first kappa shape index (κ1) is 32.6. The Bertz CT molecular complexity index is 1270. The molecule has 3 radical (unpaired) electrons. The second kappa shape index (κ2) is 17.9. The molecule has 0 saturated carbocycles. The molecule has 0 aliphatic heterocycles. The quantitative estimate of drug-likeness (QED) is 0.138. The zero-order valence-corrected chi connectivity index (χ0v) is 27.2. The number of hydrogen-bond acceptors (Lipinski definition) is 0. The molecule has 36 heavy (non-hydrogen) atoms. The summed E-state index contributed by atoms with van der Waals surface area (Å²) in [5, 5.41) is 5.49. The summed E-state index contributed by atoms with van der Waals surface area (Å²) in [7, 11) is 12.8. The topological polar surface area (TPSA) is 0 Å². The van der Waals surface area contributed by atoms with Gasteiger partial charge >= 0.3 is 37.9 Å². The van der Waals surface area contributed by atoms with E-state index in [1.807, 2.05) is 0 Å². The van der Waals surface area contributed by atoms with E-state index in [4.69, 9.17) is 17.0 Å². The summed E-state index contributed by atoms with van der Waals surface area (Å²) in [6.45, 7) is 15.6. The third-order valence-electron chi connectivity index (χ3n) is 5.53. The molecule has 0 bridgehead atoms. The molecule has 0 aliphatic carbocycles. The summed E-state index contributed by atoms with van der Waals surface area (Å²) < 4.78 is 0. The van der Waals surface area contributed by atoms with Crippen LogP contribution in [0.5, 0.6) is 0 Å². The SMILES string of the molecule is C[Si].Cc1cc2c(-c3ccccc3)cccc2[cH-]1.Cc1cc2c(C(C)C)cccc2[cH-]1.[CH2-]C.[Cl][Zr][Cl]. The van der Waals surface area contributed by atoms with Crippen molar-refractivity contribution in [3.8, 4) is 11.1 Å². The summed E-state index contributed by atoms with van der Waals surface area (Å²) in [5.41, 5.74) is 6.77. The molecular formula is C32H36Cl2SiZr-3. The fourth-order valence-corrected chi connectivity index (χ4v) is 4.17. The number of aryl methyl sites for hydroxylation is 2. The number of rotatable bonds is 2. The van der Waals surface area contributed by atoms with Crippen LogP contribution in [0.3, 0.4) is 0 Å². The number of hydrogen-bond donors (Lipinski definition) is 0. The van der Waals surface area contributed by atoms with Gasteiger partial charge in [-0.2, -0.15) is 19.1 Å². The van der Waals surface area contributed by atoms with Gasteiger partial charge in [-0.25, -0.2) is 0 Å². The van der Waals surface area contributed by atoms with Gasteiger partial charge in [0.2, 0.25) is 0 Å². The predicted octanol–water partition coefficient (Wildman–Crippen LogP) is 10.9. The number of fused-ring (bicyclic) bond motifs is 2. The Labute approximate surface area is 240 Å². The van der Waals surface area contributed by atoms with Crippen molar-refractivity contribution >= 4 is 48.8 Å². The van der Waals surface area contributed by atoms with Crippen LogP contribution in [-0.4, -0.2) is 10.2 Å². The van der Waals surface area contributed by atoms with Crippen molar-refractivity contribution < 1.29 is 20.8 Å². The van der Waals surface area contributed by atoms with Gasteiger partial charge in [0, 0.05) is 10.2 Å². The fourth-order valence-electron chi connectivity index (χ4n) is 4.17. The van der Waals surface area contributed by atoms with Crippen LogP contribution in [0.15, 0.2) is 91.0 Å². The van der Waals surface area contributed by atoms with E-state index >= 15 is 0 Å². The molecule has 0 atom stereocenters. The molecule has 4 heteroatoms. The molecule has 189 valence electrons. The molecule has 0 N–H and O–H groups in total. The summed E-state index contributed by atoms with van der Waals surface area (Å²) in [6.07, 6.45) is 0. The van der Waals surface area contributed by atoms with Crippen LogP contribution in [0.2, 0.25) is 6.55 Å². The van der Waals surface area contributed by atoms with Crippen LogP contribution in [0, 0.1) is 20.8 Å². The van der Waals surface area contributed by atoms with Gasteiger partial charge in [-0.05, 0) is 11.5 Å². The Hall–Kier alpha value is -1.44. The van der Waals surface area contributed by atoms with Crippen LogP contribution in [-0.2, 0) is 20.8 Å². The molecule has 5 aromatic carbocycles. The van der Waals surface area contributed by atoms with Crippen LogP contribution in [0.25, 0.3) is 32.7 Å². The minimum atomic E-state index is -0.826. The second-order valence-electron chi connectivity index (χ2n) is 8.32. The van der Waals surface area contributed by atoms with E-state index in [2.05, 4.69) is 136 Å². The van der Waals surface area contributed by atoms with Gasteiger partial charge in [-0.3, -0.25) is 0 Å². The van der Waals surface area contributed by atoms with Gasteiger partial charge in [0.25, 0.3) is 0 Å². The maximum atomic E-state index is 4.93. The zero-order chi connectivity index (χ0) is 27.1. The first-order chi connectivity index (χ1) is 17.4. The van der Waals surface area contributed by atoms with Crippen molar-refractivity contribution in [2.24, 2.45) is 0 Å². The van der Waals surface area contributed by atoms with E-state index in [-0.39, 0.29) is 0 Å². The van der Waals surface area contributed by atoms with Gasteiger partial charge in [0.05, 0.1) is 0 Å². The monoisotopic (exact) mass is 608 g/mol. The molecule has 0 amide bonds. The summed E-state index contributed by atoms with van der Waals surface area (Å²) in [5.74, 6) is 0.616. The first-order valence-electron chi connectivity index (χ1n) is 12.0. The fraction of sp³-hybridized carbons (Fsp3) is 0.219. The van der Waals surface area contributed by atoms with Gasteiger partial charge < -0.3 is 6.92 Å². The van der Waals surface area contributed by atoms with E-state index in [1.54, 1.807) is 13.5 Å². The molecule has 0 unspecified atom stereocenters. The molecule has 5 aromatic rings. The standard InChI is InChI=1S/C16H13.C13H15.C2H5.CH3Si.2ClH.Zr/c1-12-10-14-8-5-9-15(16(14)11-12)13-6-3-2-4-7-13;1-9(2)12-6-4-5-11-7-10(3)8-13(11)12;2*1-2;;;/h2-11H,1H3;4-9H,1-3H3;1H2,2H3;1H3;2*1H;/q3*-1;;;;+2/p-2. The van der Waals surface area contributed by atoms with Gasteiger partial charge in [-0.1, -0.05) is 87.8 Å². The predicted molar refractivity (Wildman–Crippen MR) is 162 cm³/mol. The molecule has 0 spiro atoms. The van der Waals surface area contributed by atoms with Crippen molar-refractivity contribution in [3.63, 3.8) is 0 Å². The van der Waals surface area contributed by atoms with Crippen molar-refractivity contribution in [1.82, 2.24) is 0 Å². The Balaban J connectivity index is 0.000000293. The number of halogens is 2.